The molecule has 1 N–H and O–H groups in total. The van der Waals surface area contributed by atoms with Gasteiger partial charge in [-0.15, -0.1) is 22.7 Å². The lowest BCUT2D eigenvalue weighted by Gasteiger charge is -2.36. The summed E-state index contributed by atoms with van der Waals surface area (Å²) in [4.78, 5) is 5.12. The molecular weight excluding hydrogens is 376 g/mol. The highest BCUT2D eigenvalue weighted by molar-refractivity contribution is 7.10. The maximum absolute atomic E-state index is 10.6. The molecule has 4 nitrogen and oxygen atoms in total. The van der Waals surface area contributed by atoms with Crippen molar-refractivity contribution in [3.05, 3.63) is 74.1 Å². The summed E-state index contributed by atoms with van der Waals surface area (Å²) >= 11 is 3.59. The Bertz CT molecular complexity index is 913. The van der Waals surface area contributed by atoms with Crippen molar-refractivity contribution < 1.29 is 9.84 Å². The Labute approximate surface area is 166 Å². The van der Waals surface area contributed by atoms with Crippen molar-refractivity contribution in [3.8, 4) is 11.8 Å². The highest BCUT2D eigenvalue weighted by Crippen LogP contribution is 2.39. The minimum atomic E-state index is -0.580. The number of aliphatic hydroxyl groups is 1. The molecule has 0 amide bonds. The van der Waals surface area contributed by atoms with Crippen LogP contribution in [0.3, 0.4) is 0 Å². The normalized spacial score (nSPS) is 17.9. The molecule has 0 aliphatic carbocycles. The summed E-state index contributed by atoms with van der Waals surface area (Å²) in [5.41, 5.74) is 1.97. The Balaban J connectivity index is 1.42. The van der Waals surface area contributed by atoms with Crippen LogP contribution in [0.4, 0.5) is 0 Å². The molecule has 0 saturated carbocycles. The third-order valence-electron chi connectivity index (χ3n) is 4.75. The van der Waals surface area contributed by atoms with Gasteiger partial charge in [-0.2, -0.15) is 5.26 Å². The predicted molar refractivity (Wildman–Crippen MR) is 108 cm³/mol. The fourth-order valence-electron chi connectivity index (χ4n) is 3.49. The van der Waals surface area contributed by atoms with Crippen molar-refractivity contribution >= 4 is 22.7 Å². The first-order valence-corrected chi connectivity index (χ1v) is 10.7. The van der Waals surface area contributed by atoms with Crippen LogP contribution in [0.1, 0.15) is 26.9 Å². The van der Waals surface area contributed by atoms with Gasteiger partial charge in [-0.1, -0.05) is 6.07 Å². The Morgan fingerprint density at radius 1 is 1.19 bits per heavy atom. The summed E-state index contributed by atoms with van der Waals surface area (Å²) in [5, 5.41) is 23.7. The van der Waals surface area contributed by atoms with Gasteiger partial charge in [-0.05, 0) is 59.1 Å². The molecule has 0 unspecified atom stereocenters. The lowest BCUT2D eigenvalue weighted by molar-refractivity contribution is 0.0562. The molecule has 1 aliphatic rings. The molecule has 2 atom stereocenters. The number of rotatable bonds is 6. The van der Waals surface area contributed by atoms with Crippen molar-refractivity contribution in [3.63, 3.8) is 0 Å². The molecule has 3 aromatic rings. The maximum atomic E-state index is 10.6. The van der Waals surface area contributed by atoms with Crippen LogP contribution in [-0.4, -0.2) is 35.8 Å². The second kappa shape index (κ2) is 8.24. The highest BCUT2D eigenvalue weighted by Gasteiger charge is 2.31. The number of aliphatic hydroxyl groups excluding tert-OH is 1. The zero-order valence-electron chi connectivity index (χ0n) is 14.7. The van der Waals surface area contributed by atoms with E-state index in [1.807, 2.05) is 11.3 Å². The quantitative estimate of drug-likeness (QED) is 0.682. The van der Waals surface area contributed by atoms with Gasteiger partial charge in [0, 0.05) is 22.8 Å². The van der Waals surface area contributed by atoms with Gasteiger partial charge in [-0.3, -0.25) is 4.90 Å². The van der Waals surface area contributed by atoms with Gasteiger partial charge in [0.2, 0.25) is 0 Å². The third-order valence-corrected chi connectivity index (χ3v) is 6.67. The summed E-state index contributed by atoms with van der Waals surface area (Å²) < 4.78 is 5.71. The van der Waals surface area contributed by atoms with Crippen LogP contribution in [0, 0.1) is 11.3 Å². The number of nitrogens with zero attached hydrogens (tertiary/aromatic N) is 2. The monoisotopic (exact) mass is 396 g/mol. The molecule has 27 heavy (non-hydrogen) atoms. The zero-order chi connectivity index (χ0) is 18.6. The van der Waals surface area contributed by atoms with Crippen LogP contribution in [0.5, 0.6) is 5.75 Å². The first-order chi connectivity index (χ1) is 13.2. The number of hydrogen-bond donors (Lipinski definition) is 1. The molecule has 4 rings (SSSR count). The van der Waals surface area contributed by atoms with Crippen molar-refractivity contribution in [2.75, 3.05) is 19.7 Å². The first-order valence-electron chi connectivity index (χ1n) is 8.89. The molecule has 0 spiro atoms. The van der Waals surface area contributed by atoms with Gasteiger partial charge < -0.3 is 9.84 Å². The van der Waals surface area contributed by atoms with Gasteiger partial charge in [0.1, 0.15) is 18.5 Å². The number of thiophene rings is 2. The predicted octanol–water partition coefficient (Wildman–Crippen LogP) is 4.07. The molecule has 1 aliphatic heterocycles. The number of nitriles is 1. The SMILES string of the molecule is N#Cc1ccc(OC[C@H](O)CN2CCc3sccc3[C@H]2c2cccs2)cc1. The number of fused-ring (bicyclic) bond motifs is 1. The van der Waals surface area contributed by atoms with Crippen molar-refractivity contribution in [2.45, 2.75) is 18.6 Å². The van der Waals surface area contributed by atoms with Crippen LogP contribution in [0.2, 0.25) is 0 Å². The Hall–Kier alpha value is -2.17. The largest absolute Gasteiger partial charge is 0.491 e. The van der Waals surface area contributed by atoms with E-state index in [-0.39, 0.29) is 12.6 Å². The van der Waals surface area contributed by atoms with E-state index in [4.69, 9.17) is 10.00 Å². The lowest BCUT2D eigenvalue weighted by Crippen LogP contribution is -2.41. The van der Waals surface area contributed by atoms with Gasteiger partial charge in [-0.25, -0.2) is 0 Å². The van der Waals surface area contributed by atoms with Crippen LogP contribution in [-0.2, 0) is 6.42 Å². The number of hydrogen-bond acceptors (Lipinski definition) is 6. The van der Waals surface area contributed by atoms with Gasteiger partial charge >= 0.3 is 0 Å². The van der Waals surface area contributed by atoms with E-state index in [1.165, 1.54) is 15.3 Å². The topological polar surface area (TPSA) is 56.5 Å². The van der Waals surface area contributed by atoms with E-state index in [0.717, 1.165) is 13.0 Å². The fourth-order valence-corrected chi connectivity index (χ4v) is 5.27. The molecule has 0 saturated heterocycles. The molecule has 0 fully saturated rings. The van der Waals surface area contributed by atoms with Gasteiger partial charge in [0.05, 0.1) is 17.7 Å². The number of benzene rings is 1. The van der Waals surface area contributed by atoms with E-state index in [2.05, 4.69) is 39.9 Å². The van der Waals surface area contributed by atoms with Gasteiger partial charge in [0.25, 0.3) is 0 Å². The number of β-amino-alcohol motifs (C(OH)–C–C–N with tert-alkyl or cyclic N) is 1. The van der Waals surface area contributed by atoms with E-state index < -0.39 is 6.10 Å². The molecule has 0 radical (unpaired) electrons. The summed E-state index contributed by atoms with van der Waals surface area (Å²) in [6.45, 7) is 1.73. The Kier molecular flexibility index (Phi) is 5.55. The average Bonchev–Trinajstić information content (AvgIpc) is 3.38. The molecular formula is C21H20N2O2S2. The van der Waals surface area contributed by atoms with Crippen molar-refractivity contribution in [1.82, 2.24) is 4.90 Å². The lowest BCUT2D eigenvalue weighted by atomic mass is 9.98. The van der Waals surface area contributed by atoms with Crippen molar-refractivity contribution in [1.29, 1.82) is 5.26 Å². The maximum Gasteiger partial charge on any atom is 0.119 e. The van der Waals surface area contributed by atoms with Crippen LogP contribution in [0.25, 0.3) is 0 Å². The highest BCUT2D eigenvalue weighted by atomic mass is 32.1. The van der Waals surface area contributed by atoms with E-state index in [0.29, 0.717) is 17.9 Å². The molecule has 0 bridgehead atoms. The Morgan fingerprint density at radius 3 is 2.78 bits per heavy atom. The minimum Gasteiger partial charge on any atom is -0.491 e. The average molecular weight is 397 g/mol. The summed E-state index contributed by atoms with van der Waals surface area (Å²) in [6, 6.07) is 15.7. The second-order valence-corrected chi connectivity index (χ2v) is 8.54. The fraction of sp³-hybridized carbons (Fsp3) is 0.286. The first kappa shape index (κ1) is 18.2. The van der Waals surface area contributed by atoms with Gasteiger partial charge in [0.15, 0.2) is 0 Å². The van der Waals surface area contributed by atoms with E-state index >= 15 is 0 Å². The molecule has 6 heteroatoms. The summed E-state index contributed by atoms with van der Waals surface area (Å²) in [5.74, 6) is 0.668. The summed E-state index contributed by atoms with van der Waals surface area (Å²) in [7, 11) is 0. The molecule has 3 heterocycles. The molecule has 2 aromatic heterocycles. The molecule has 138 valence electrons. The van der Waals surface area contributed by atoms with Crippen LogP contribution in [0.15, 0.2) is 53.2 Å². The zero-order valence-corrected chi connectivity index (χ0v) is 16.4. The Morgan fingerprint density at radius 2 is 2.04 bits per heavy atom. The summed E-state index contributed by atoms with van der Waals surface area (Å²) in [6.07, 6.45) is 0.446. The minimum absolute atomic E-state index is 0.213. The van der Waals surface area contributed by atoms with E-state index in [1.54, 1.807) is 35.6 Å². The van der Waals surface area contributed by atoms with Crippen LogP contribution >= 0.6 is 22.7 Å². The van der Waals surface area contributed by atoms with Crippen molar-refractivity contribution in [2.24, 2.45) is 0 Å². The standard InChI is InChI=1S/C21H20N2O2S2/c22-12-15-3-5-17(6-4-15)25-14-16(24)13-23-9-7-19-18(8-11-27-19)21(23)20-2-1-10-26-20/h1-6,8,10-11,16,21,24H,7,9,13-14H2/t16-,21+/m1/s1. The molecule has 1 aromatic carbocycles. The smallest absolute Gasteiger partial charge is 0.119 e. The van der Waals surface area contributed by atoms with Crippen LogP contribution < -0.4 is 4.74 Å². The third kappa shape index (κ3) is 4.07. The number of ether oxygens (including phenoxy) is 1. The second-order valence-electron chi connectivity index (χ2n) is 6.56. The van der Waals surface area contributed by atoms with E-state index in [9.17, 15) is 5.11 Å².